The van der Waals surface area contributed by atoms with Crippen LogP contribution in [0.4, 0.5) is 0 Å². The van der Waals surface area contributed by atoms with Gasteiger partial charge in [0.15, 0.2) is 0 Å². The van der Waals surface area contributed by atoms with E-state index in [-0.39, 0.29) is 23.4 Å². The molecule has 0 radical (unpaired) electrons. The van der Waals surface area contributed by atoms with Crippen molar-refractivity contribution >= 4 is 56.6 Å². The first-order chi connectivity index (χ1) is 16.5. The van der Waals surface area contributed by atoms with Crippen LogP contribution in [-0.4, -0.2) is 55.1 Å². The molecule has 1 unspecified atom stereocenters. The number of sulfonamides is 1. The Labute approximate surface area is 221 Å². The molecule has 0 saturated heterocycles. The van der Waals surface area contributed by atoms with Crippen LogP contribution in [0.3, 0.4) is 0 Å². The topological polar surface area (TPSA) is 86.8 Å². The van der Waals surface area contributed by atoms with Gasteiger partial charge in [0, 0.05) is 40.3 Å². The summed E-state index contributed by atoms with van der Waals surface area (Å²) in [6.45, 7) is 1.08. The fourth-order valence-electron chi connectivity index (χ4n) is 3.98. The highest BCUT2D eigenvalue weighted by Crippen LogP contribution is 2.27. The smallest absolute Gasteiger partial charge is 0.243 e. The molecule has 0 heterocycles. The first-order valence-electron chi connectivity index (χ1n) is 11.3. The van der Waals surface area contributed by atoms with E-state index < -0.39 is 28.5 Å². The number of carbonyl (C=O) groups is 2. The number of benzene rings is 2. The van der Waals surface area contributed by atoms with Gasteiger partial charge in [-0.15, -0.1) is 0 Å². The average molecular weight is 561 g/mol. The lowest BCUT2D eigenvalue weighted by Gasteiger charge is -2.31. The van der Waals surface area contributed by atoms with E-state index in [4.69, 9.17) is 34.8 Å². The average Bonchev–Trinajstić information content (AvgIpc) is 3.31. The van der Waals surface area contributed by atoms with E-state index in [1.165, 1.54) is 36.2 Å². The summed E-state index contributed by atoms with van der Waals surface area (Å²) in [5.74, 6) is -0.869. The Bertz CT molecular complexity index is 1150. The molecule has 1 atom stereocenters. The SMILES string of the molecule is CC(C(=O)NC1CCCC1)N(Cc1c(Cl)cccc1Cl)C(=O)CN(C)S(=O)(=O)c1ccc(Cl)cc1. The molecule has 1 aliphatic rings. The van der Waals surface area contributed by atoms with Crippen LogP contribution in [0.5, 0.6) is 0 Å². The van der Waals surface area contributed by atoms with E-state index in [9.17, 15) is 18.0 Å². The van der Waals surface area contributed by atoms with Crippen molar-refractivity contribution in [1.82, 2.24) is 14.5 Å². The lowest BCUT2D eigenvalue weighted by atomic mass is 10.1. The number of hydrogen-bond acceptors (Lipinski definition) is 4. The van der Waals surface area contributed by atoms with Crippen molar-refractivity contribution in [3.63, 3.8) is 0 Å². The summed E-state index contributed by atoms with van der Waals surface area (Å²) in [5.41, 5.74) is 0.480. The fourth-order valence-corrected chi connectivity index (χ4v) is 5.74. The van der Waals surface area contributed by atoms with Gasteiger partial charge < -0.3 is 10.2 Å². The third kappa shape index (κ3) is 6.89. The predicted octanol–water partition coefficient (Wildman–Crippen LogP) is 4.74. The van der Waals surface area contributed by atoms with Crippen molar-refractivity contribution in [2.75, 3.05) is 13.6 Å². The maximum Gasteiger partial charge on any atom is 0.243 e. The van der Waals surface area contributed by atoms with E-state index in [1.807, 2.05) is 0 Å². The monoisotopic (exact) mass is 559 g/mol. The number of nitrogens with one attached hydrogen (secondary N) is 1. The Balaban J connectivity index is 1.84. The second kappa shape index (κ2) is 11.9. The van der Waals surface area contributed by atoms with Crippen molar-refractivity contribution in [2.45, 2.75) is 56.1 Å². The molecule has 3 rings (SSSR count). The van der Waals surface area contributed by atoms with Gasteiger partial charge in [0.05, 0.1) is 11.4 Å². The maximum atomic E-state index is 13.4. The highest BCUT2D eigenvalue weighted by Gasteiger charge is 2.32. The van der Waals surface area contributed by atoms with E-state index in [0.717, 1.165) is 30.0 Å². The summed E-state index contributed by atoms with van der Waals surface area (Å²) in [6, 6.07) is 9.84. The molecule has 1 aliphatic carbocycles. The van der Waals surface area contributed by atoms with Crippen LogP contribution in [0.1, 0.15) is 38.2 Å². The Morgan fingerprint density at radius 1 is 1.03 bits per heavy atom. The zero-order valence-corrected chi connectivity index (χ0v) is 22.6. The lowest BCUT2D eigenvalue weighted by molar-refractivity contribution is -0.140. The van der Waals surface area contributed by atoms with Gasteiger partial charge in [0.1, 0.15) is 6.04 Å². The number of hydrogen-bond donors (Lipinski definition) is 1. The van der Waals surface area contributed by atoms with Gasteiger partial charge in [-0.25, -0.2) is 8.42 Å². The molecule has 0 aliphatic heterocycles. The minimum absolute atomic E-state index is 0.00456. The van der Waals surface area contributed by atoms with Crippen molar-refractivity contribution in [3.8, 4) is 0 Å². The number of carbonyl (C=O) groups excluding carboxylic acids is 2. The fraction of sp³-hybridized carbons (Fsp3) is 0.417. The highest BCUT2D eigenvalue weighted by atomic mass is 35.5. The van der Waals surface area contributed by atoms with Gasteiger partial charge in [0.25, 0.3) is 0 Å². The Morgan fingerprint density at radius 2 is 1.60 bits per heavy atom. The summed E-state index contributed by atoms with van der Waals surface area (Å²) in [4.78, 5) is 27.8. The van der Waals surface area contributed by atoms with Crippen LogP contribution in [-0.2, 0) is 26.2 Å². The van der Waals surface area contributed by atoms with Crippen molar-refractivity contribution in [2.24, 2.45) is 0 Å². The molecule has 1 saturated carbocycles. The highest BCUT2D eigenvalue weighted by molar-refractivity contribution is 7.89. The van der Waals surface area contributed by atoms with Crippen molar-refractivity contribution < 1.29 is 18.0 Å². The summed E-state index contributed by atoms with van der Waals surface area (Å²) in [6.07, 6.45) is 3.88. The molecular weight excluding hydrogens is 533 g/mol. The Kier molecular flexibility index (Phi) is 9.46. The molecule has 2 aromatic carbocycles. The van der Waals surface area contributed by atoms with Gasteiger partial charge in [0.2, 0.25) is 21.8 Å². The quantitative estimate of drug-likeness (QED) is 0.480. The van der Waals surface area contributed by atoms with Crippen LogP contribution in [0.2, 0.25) is 15.1 Å². The molecule has 1 fully saturated rings. The molecular formula is C24H28Cl3N3O4S. The largest absolute Gasteiger partial charge is 0.352 e. The first kappa shape index (κ1) is 27.7. The van der Waals surface area contributed by atoms with Crippen LogP contribution < -0.4 is 5.32 Å². The zero-order valence-electron chi connectivity index (χ0n) is 19.5. The Morgan fingerprint density at radius 3 is 2.17 bits per heavy atom. The second-order valence-corrected chi connectivity index (χ2v) is 11.9. The third-order valence-electron chi connectivity index (χ3n) is 6.14. The van der Waals surface area contributed by atoms with Crippen LogP contribution in [0.25, 0.3) is 0 Å². The normalized spacial score (nSPS) is 15.3. The van der Waals surface area contributed by atoms with Gasteiger partial charge in [-0.3, -0.25) is 9.59 Å². The number of nitrogens with zero attached hydrogens (tertiary/aromatic N) is 2. The number of likely N-dealkylation sites (N-methyl/N-ethyl adjacent to an activating group) is 1. The maximum absolute atomic E-state index is 13.4. The molecule has 0 bridgehead atoms. The summed E-state index contributed by atoms with van der Waals surface area (Å²) < 4.78 is 26.9. The van der Waals surface area contributed by atoms with Crippen LogP contribution in [0.15, 0.2) is 47.4 Å². The molecule has 7 nitrogen and oxygen atoms in total. The standard InChI is InChI=1S/C24H28Cl3N3O4S/c1-16(24(32)28-18-6-3-4-7-18)30(14-20-21(26)8-5-9-22(20)27)23(31)15-29(2)35(33,34)19-12-10-17(25)11-13-19/h5,8-13,16,18H,3-4,6-7,14-15H2,1-2H3,(H,28,32). The lowest BCUT2D eigenvalue weighted by Crippen LogP contribution is -2.52. The molecule has 35 heavy (non-hydrogen) atoms. The van der Waals surface area contributed by atoms with E-state index >= 15 is 0 Å². The van der Waals surface area contributed by atoms with E-state index in [0.29, 0.717) is 20.6 Å². The van der Waals surface area contributed by atoms with Crippen molar-refractivity contribution in [1.29, 1.82) is 0 Å². The number of halogens is 3. The molecule has 1 N–H and O–H groups in total. The molecule has 190 valence electrons. The van der Waals surface area contributed by atoms with Crippen LogP contribution >= 0.6 is 34.8 Å². The second-order valence-electron chi connectivity index (χ2n) is 8.60. The van der Waals surface area contributed by atoms with E-state index in [1.54, 1.807) is 25.1 Å². The van der Waals surface area contributed by atoms with Crippen molar-refractivity contribution in [3.05, 3.63) is 63.1 Å². The molecule has 2 amide bonds. The first-order valence-corrected chi connectivity index (χ1v) is 13.8. The van der Waals surface area contributed by atoms with Gasteiger partial charge in [-0.1, -0.05) is 53.7 Å². The minimum atomic E-state index is -3.96. The summed E-state index contributed by atoms with van der Waals surface area (Å²) in [7, 11) is -2.65. The third-order valence-corrected chi connectivity index (χ3v) is 8.92. The molecule has 0 spiro atoms. The van der Waals surface area contributed by atoms with Gasteiger partial charge in [-0.2, -0.15) is 4.31 Å². The minimum Gasteiger partial charge on any atom is -0.352 e. The van der Waals surface area contributed by atoms with Crippen LogP contribution in [0, 0.1) is 0 Å². The molecule has 2 aromatic rings. The van der Waals surface area contributed by atoms with Gasteiger partial charge in [-0.05, 0) is 56.2 Å². The van der Waals surface area contributed by atoms with E-state index in [2.05, 4.69) is 5.32 Å². The molecule has 0 aromatic heterocycles. The number of rotatable bonds is 9. The molecule has 11 heteroatoms. The Hall–Kier alpha value is -1.84. The summed E-state index contributed by atoms with van der Waals surface area (Å²) in [5, 5.41) is 4.09. The predicted molar refractivity (Wildman–Crippen MR) is 138 cm³/mol. The van der Waals surface area contributed by atoms with Gasteiger partial charge >= 0.3 is 0 Å². The zero-order chi connectivity index (χ0) is 25.8. The summed E-state index contributed by atoms with van der Waals surface area (Å²) >= 11 is 18.5. The number of amides is 2.